The molecule has 6 nitrogen and oxygen atoms in total. The minimum atomic E-state index is -0.957. The Balaban J connectivity index is 1.82. The van der Waals surface area contributed by atoms with Crippen molar-refractivity contribution < 1.29 is 14.6 Å². The van der Waals surface area contributed by atoms with E-state index >= 15 is 0 Å². The van der Waals surface area contributed by atoms with Gasteiger partial charge in [-0.25, -0.2) is 9.31 Å². The number of hydrogen-bond acceptors (Lipinski definition) is 5. The molecule has 0 radical (unpaired) electrons. The molecule has 102 valence electrons. The molecule has 3 rings (SSSR count). The van der Waals surface area contributed by atoms with Crippen LogP contribution in [0.4, 0.5) is 0 Å². The van der Waals surface area contributed by atoms with Crippen molar-refractivity contribution in [1.82, 2.24) is 14.6 Å². The molecule has 3 aromatic rings. The van der Waals surface area contributed by atoms with Crippen molar-refractivity contribution in [2.75, 3.05) is 0 Å². The average Bonchev–Trinajstić information content (AvgIpc) is 2.97. The van der Waals surface area contributed by atoms with Crippen LogP contribution in [0.3, 0.4) is 0 Å². The van der Waals surface area contributed by atoms with Gasteiger partial charge in [-0.05, 0) is 19.1 Å². The van der Waals surface area contributed by atoms with Crippen LogP contribution in [0, 0.1) is 6.92 Å². The molecule has 0 atom stereocenters. The molecule has 0 saturated heterocycles. The molecule has 0 saturated carbocycles. The Kier molecular flexibility index (Phi) is 3.11. The molecule has 20 heavy (non-hydrogen) atoms. The van der Waals surface area contributed by atoms with Gasteiger partial charge in [0, 0.05) is 0 Å². The number of ether oxygens (including phenoxy) is 1. The third-order valence-electron chi connectivity index (χ3n) is 2.77. The van der Waals surface area contributed by atoms with Crippen molar-refractivity contribution in [2.24, 2.45) is 0 Å². The molecule has 0 aliphatic heterocycles. The number of aryl methyl sites for hydroxylation is 1. The smallest absolute Gasteiger partial charge is 0.347 e. The van der Waals surface area contributed by atoms with Crippen molar-refractivity contribution in [1.29, 1.82) is 0 Å². The number of aromatic carboxylic acids is 1. The minimum Gasteiger partial charge on any atom is -0.486 e. The first kappa shape index (κ1) is 12.6. The van der Waals surface area contributed by atoms with Gasteiger partial charge < -0.3 is 9.84 Å². The molecule has 0 aliphatic rings. The summed E-state index contributed by atoms with van der Waals surface area (Å²) in [6, 6.07) is 9.39. The van der Waals surface area contributed by atoms with Crippen LogP contribution in [0.1, 0.15) is 21.2 Å². The van der Waals surface area contributed by atoms with E-state index in [-0.39, 0.29) is 11.5 Å². The van der Waals surface area contributed by atoms with Gasteiger partial charge in [-0.3, -0.25) is 0 Å². The first-order chi connectivity index (χ1) is 9.65. The Labute approximate surface area is 118 Å². The fourth-order valence-electron chi connectivity index (χ4n) is 1.81. The number of rotatable bonds is 4. The fraction of sp³-hybridized carbons (Fsp3) is 0.154. The number of carboxylic acid groups (broad SMARTS) is 1. The van der Waals surface area contributed by atoms with Crippen LogP contribution < -0.4 is 4.74 Å². The van der Waals surface area contributed by atoms with Crippen LogP contribution in [-0.2, 0) is 6.61 Å². The molecule has 0 unspecified atom stereocenters. The van der Waals surface area contributed by atoms with E-state index < -0.39 is 5.97 Å². The van der Waals surface area contributed by atoms with Crippen LogP contribution in [0.2, 0.25) is 0 Å². The predicted octanol–water partition coefficient (Wildman–Crippen LogP) is 2.38. The molecule has 0 bridgehead atoms. The molecular formula is C13H11N3O3S. The molecule has 1 N–H and O–H groups in total. The van der Waals surface area contributed by atoms with Crippen molar-refractivity contribution in [3.05, 3.63) is 46.7 Å². The van der Waals surface area contributed by atoms with Crippen LogP contribution in [0.25, 0.3) is 4.96 Å². The zero-order valence-electron chi connectivity index (χ0n) is 10.6. The van der Waals surface area contributed by atoms with Crippen LogP contribution in [0.5, 0.6) is 5.75 Å². The molecule has 0 aliphatic carbocycles. The van der Waals surface area contributed by atoms with E-state index in [1.165, 1.54) is 4.52 Å². The molecule has 7 heteroatoms. The van der Waals surface area contributed by atoms with Gasteiger partial charge in [0.15, 0.2) is 5.82 Å². The third-order valence-corrected chi connectivity index (χ3v) is 3.89. The van der Waals surface area contributed by atoms with Crippen molar-refractivity contribution in [2.45, 2.75) is 13.5 Å². The summed E-state index contributed by atoms with van der Waals surface area (Å²) in [5.41, 5.74) is 0.580. The first-order valence-corrected chi connectivity index (χ1v) is 6.73. The highest BCUT2D eigenvalue weighted by Gasteiger charge is 2.17. The second-order valence-electron chi connectivity index (χ2n) is 4.15. The van der Waals surface area contributed by atoms with Crippen LogP contribution in [-0.4, -0.2) is 25.7 Å². The maximum Gasteiger partial charge on any atom is 0.347 e. The summed E-state index contributed by atoms with van der Waals surface area (Å²) in [6.07, 6.45) is 0. The monoisotopic (exact) mass is 289 g/mol. The van der Waals surface area contributed by atoms with Gasteiger partial charge in [-0.15, -0.1) is 5.10 Å². The standard InChI is InChI=1S/C13H11N3O3S/c1-8-11(12(17)18)20-13-14-10(15-16(8)13)7-19-9-5-3-2-4-6-9/h2-6H,7H2,1H3,(H,17,18). The van der Waals surface area contributed by atoms with E-state index in [0.29, 0.717) is 16.5 Å². The zero-order valence-corrected chi connectivity index (χ0v) is 11.4. The lowest BCUT2D eigenvalue weighted by Crippen LogP contribution is -2.01. The summed E-state index contributed by atoms with van der Waals surface area (Å²) < 4.78 is 7.10. The van der Waals surface area contributed by atoms with E-state index in [2.05, 4.69) is 10.1 Å². The molecule has 2 heterocycles. The number of carboxylic acids is 1. The molecule has 0 amide bonds. The van der Waals surface area contributed by atoms with Crippen molar-refractivity contribution in [3.63, 3.8) is 0 Å². The van der Waals surface area contributed by atoms with Gasteiger partial charge in [-0.2, -0.15) is 4.98 Å². The lowest BCUT2D eigenvalue weighted by atomic mass is 10.3. The van der Waals surface area contributed by atoms with Gasteiger partial charge >= 0.3 is 5.97 Å². The molecule has 2 aromatic heterocycles. The van der Waals surface area contributed by atoms with Gasteiger partial charge in [-0.1, -0.05) is 29.5 Å². The number of carbonyl (C=O) groups is 1. The number of benzene rings is 1. The van der Waals surface area contributed by atoms with Crippen molar-refractivity contribution >= 4 is 22.3 Å². The number of fused-ring (bicyclic) bond motifs is 1. The maximum absolute atomic E-state index is 11.0. The first-order valence-electron chi connectivity index (χ1n) is 5.91. The van der Waals surface area contributed by atoms with E-state index in [4.69, 9.17) is 9.84 Å². The Morgan fingerprint density at radius 1 is 1.40 bits per heavy atom. The quantitative estimate of drug-likeness (QED) is 0.798. The average molecular weight is 289 g/mol. The van der Waals surface area contributed by atoms with E-state index in [9.17, 15) is 4.79 Å². The topological polar surface area (TPSA) is 76.7 Å². The van der Waals surface area contributed by atoms with E-state index in [1.807, 2.05) is 30.3 Å². The van der Waals surface area contributed by atoms with Gasteiger partial charge in [0.25, 0.3) is 0 Å². The number of nitrogens with zero attached hydrogens (tertiary/aromatic N) is 3. The highest BCUT2D eigenvalue weighted by molar-refractivity contribution is 7.18. The molecular weight excluding hydrogens is 278 g/mol. The van der Waals surface area contributed by atoms with Crippen LogP contribution >= 0.6 is 11.3 Å². The highest BCUT2D eigenvalue weighted by Crippen LogP contribution is 2.21. The second kappa shape index (κ2) is 4.93. The number of aromatic nitrogens is 3. The van der Waals surface area contributed by atoms with Gasteiger partial charge in [0.1, 0.15) is 17.2 Å². The van der Waals surface area contributed by atoms with E-state index in [1.54, 1.807) is 6.92 Å². The largest absolute Gasteiger partial charge is 0.486 e. The lowest BCUT2D eigenvalue weighted by Gasteiger charge is -2.01. The minimum absolute atomic E-state index is 0.250. The number of para-hydroxylation sites is 1. The summed E-state index contributed by atoms with van der Waals surface area (Å²) >= 11 is 1.11. The Bertz CT molecular complexity index is 764. The second-order valence-corrected chi connectivity index (χ2v) is 5.12. The Morgan fingerprint density at radius 2 is 2.15 bits per heavy atom. The Morgan fingerprint density at radius 3 is 2.80 bits per heavy atom. The summed E-state index contributed by atoms with van der Waals surface area (Å²) in [5, 5.41) is 13.3. The molecule has 0 spiro atoms. The molecule has 1 aromatic carbocycles. The molecule has 0 fully saturated rings. The fourth-order valence-corrected chi connectivity index (χ4v) is 2.73. The zero-order chi connectivity index (χ0) is 14.1. The maximum atomic E-state index is 11.0. The summed E-state index contributed by atoms with van der Waals surface area (Å²) in [5.74, 6) is 0.315. The predicted molar refractivity (Wildman–Crippen MR) is 73.3 cm³/mol. The summed E-state index contributed by atoms with van der Waals surface area (Å²) in [4.78, 5) is 16.1. The lowest BCUT2D eigenvalue weighted by molar-refractivity contribution is 0.0701. The van der Waals surface area contributed by atoms with Crippen LogP contribution in [0.15, 0.2) is 30.3 Å². The summed E-state index contributed by atoms with van der Waals surface area (Å²) in [6.45, 7) is 1.96. The van der Waals surface area contributed by atoms with E-state index in [0.717, 1.165) is 17.1 Å². The van der Waals surface area contributed by atoms with Gasteiger partial charge in [0.2, 0.25) is 4.96 Å². The normalized spacial score (nSPS) is 10.8. The SMILES string of the molecule is Cc1c(C(=O)O)sc2nc(COc3ccccc3)nn12. The van der Waals surface area contributed by atoms with Crippen molar-refractivity contribution in [3.8, 4) is 5.75 Å². The van der Waals surface area contributed by atoms with Gasteiger partial charge in [0.05, 0.1) is 5.69 Å². The number of thiazole rings is 1. The summed E-state index contributed by atoms with van der Waals surface area (Å²) in [7, 11) is 0. The number of hydrogen-bond donors (Lipinski definition) is 1. The Hall–Kier alpha value is -2.41. The third kappa shape index (κ3) is 2.23. The highest BCUT2D eigenvalue weighted by atomic mass is 32.1.